The van der Waals surface area contributed by atoms with Crippen LogP contribution in [0, 0.1) is 18.3 Å². The fourth-order valence-corrected chi connectivity index (χ4v) is 10.8. The van der Waals surface area contributed by atoms with Gasteiger partial charge in [0.1, 0.15) is 27.7 Å². The van der Waals surface area contributed by atoms with Crippen molar-refractivity contribution >= 4 is 56.3 Å². The Morgan fingerprint density at radius 1 is 0.800 bits per heavy atom. The molecule has 3 aliphatic heterocycles. The molecule has 9 rings (SSSR count). The summed E-state index contributed by atoms with van der Waals surface area (Å²) in [6.45, 7) is 9.01. The number of alkyl halides is 3. The number of halogens is 3. The molecule has 0 spiro atoms. The van der Waals surface area contributed by atoms with E-state index < -0.39 is 23.9 Å². The van der Waals surface area contributed by atoms with Crippen molar-refractivity contribution in [2.45, 2.75) is 103 Å². The van der Waals surface area contributed by atoms with Gasteiger partial charge in [-0.15, -0.1) is 0 Å². The minimum Gasteiger partial charge on any atom is -0.453 e. The van der Waals surface area contributed by atoms with Crippen molar-refractivity contribution in [3.63, 3.8) is 0 Å². The van der Waals surface area contributed by atoms with Gasteiger partial charge < -0.3 is 34.7 Å². The second kappa shape index (κ2) is 17.8. The number of thiazole rings is 1. The van der Waals surface area contributed by atoms with E-state index in [-0.39, 0.29) is 47.8 Å². The maximum atomic E-state index is 13.9. The van der Waals surface area contributed by atoms with Crippen molar-refractivity contribution in [1.82, 2.24) is 40.0 Å². The number of carbonyl (C=O) groups excluding carboxylic acids is 3. The Morgan fingerprint density at radius 2 is 1.43 bits per heavy atom. The molecule has 1 radical (unpaired) electrons. The summed E-state index contributed by atoms with van der Waals surface area (Å²) >= 11 is 1.44. The number of amides is 3. The van der Waals surface area contributed by atoms with Crippen LogP contribution >= 0.6 is 11.3 Å². The Morgan fingerprint density at radius 3 is 2.09 bits per heavy atom. The van der Waals surface area contributed by atoms with Gasteiger partial charge in [-0.3, -0.25) is 9.59 Å². The van der Waals surface area contributed by atoms with Crippen LogP contribution in [0.1, 0.15) is 119 Å². The van der Waals surface area contributed by atoms with Crippen LogP contribution in [-0.4, -0.2) is 78.9 Å². The van der Waals surface area contributed by atoms with Gasteiger partial charge in [0.15, 0.2) is 0 Å². The number of alkyl carbamates (subject to hydrolysis) is 1. The number of aromatic nitrogens is 5. The third kappa shape index (κ3) is 8.78. The van der Waals surface area contributed by atoms with E-state index >= 15 is 0 Å². The molecule has 5 atom stereocenters. The number of carbonyl (C=O) groups is 3. The number of hydrogen-bond acceptors (Lipinski definition) is 9. The van der Waals surface area contributed by atoms with Crippen molar-refractivity contribution in [3.05, 3.63) is 102 Å². The molecule has 6 aromatic rings. The number of likely N-dealkylation sites (tertiary alicyclic amines) is 2. The highest BCUT2D eigenvalue weighted by atomic mass is 32.1. The molecule has 3 aromatic heterocycles. The van der Waals surface area contributed by atoms with Gasteiger partial charge in [0.2, 0.25) is 11.8 Å². The number of rotatable bonds is 11. The zero-order valence-electron chi connectivity index (χ0n) is 37.0. The minimum absolute atomic E-state index is 0.0289. The molecule has 3 amide bonds. The predicted molar refractivity (Wildman–Crippen MR) is 243 cm³/mol. The maximum absolute atomic E-state index is 13.9. The number of anilines is 1. The number of nitrogens with one attached hydrogen (secondary N) is 3. The van der Waals surface area contributed by atoms with E-state index in [1.807, 2.05) is 50.9 Å². The molecule has 3 fully saturated rings. The fourth-order valence-electron chi connectivity index (χ4n) is 9.80. The summed E-state index contributed by atoms with van der Waals surface area (Å²) in [5, 5.41) is 4.20. The zero-order valence-corrected chi connectivity index (χ0v) is 37.8. The van der Waals surface area contributed by atoms with Gasteiger partial charge in [0, 0.05) is 18.7 Å². The smallest absolute Gasteiger partial charge is 0.416 e. The van der Waals surface area contributed by atoms with Crippen molar-refractivity contribution in [3.8, 4) is 10.6 Å². The van der Waals surface area contributed by atoms with Crippen molar-refractivity contribution in [1.29, 1.82) is 0 Å². The second-order valence-corrected chi connectivity index (χ2v) is 19.0. The molecule has 3 saturated heterocycles. The number of nitrogens with zero attached hydrogens (tertiary/aromatic N) is 6. The van der Waals surface area contributed by atoms with Crippen LogP contribution in [-0.2, 0) is 20.5 Å². The molecule has 0 aliphatic carbocycles. The highest BCUT2D eigenvalue weighted by Crippen LogP contribution is 2.50. The molecule has 13 nitrogen and oxygen atoms in total. The number of H-pyrrole nitrogens is 2. The number of imidazole rings is 2. The standard InChI is InChI=1S/C48H53F3N9O4S/c1-26(2)22-40(61)58-20-6-8-38(58)43-53-32-16-12-29(23-34(32)55-43)36-18-19-37(60(36)41-25-52-45(65-41)28-10-14-31(15-11-28)48(49,50)51)30-13-17-33-35(24-30)56-44(54-33)39-9-7-21-59(39)46(62)42(27(3)4)57-47(63)64-5/h10-17,22-27,36-39,42H,6-9,18-21H2,1-5H3,(H,53,55)(H,54,56)(H,57,63)/t36-,37-,38+,39+,42+/m1/s1. The van der Waals surface area contributed by atoms with E-state index in [0.29, 0.717) is 29.5 Å². The summed E-state index contributed by atoms with van der Waals surface area (Å²) < 4.78 is 45.2. The first-order valence-corrected chi connectivity index (χ1v) is 23.2. The van der Waals surface area contributed by atoms with Gasteiger partial charge in [-0.25, -0.2) is 19.7 Å². The third-order valence-electron chi connectivity index (χ3n) is 13.0. The Bertz CT molecular complexity index is 2710. The van der Waals surface area contributed by atoms with E-state index in [0.717, 1.165) is 94.7 Å². The molecule has 3 aromatic carbocycles. The Labute approximate surface area is 379 Å². The highest BCUT2D eigenvalue weighted by molar-refractivity contribution is 7.18. The van der Waals surface area contributed by atoms with Crippen LogP contribution in [0.4, 0.5) is 23.0 Å². The molecule has 3 aliphatic rings. The second-order valence-electron chi connectivity index (χ2n) is 18.0. The third-order valence-corrected chi connectivity index (χ3v) is 14.0. The van der Waals surface area contributed by atoms with Crippen LogP contribution in [0.15, 0.2) is 66.9 Å². The number of methoxy groups -OCH3 is 1. The average Bonchev–Trinajstić information content (AvgIpc) is 4.14. The monoisotopic (exact) mass is 908 g/mol. The van der Waals surface area contributed by atoms with Crippen LogP contribution in [0.25, 0.3) is 32.6 Å². The quantitative estimate of drug-likeness (QED) is 0.116. The van der Waals surface area contributed by atoms with Gasteiger partial charge in [-0.05, 0) is 97.9 Å². The van der Waals surface area contributed by atoms with Crippen LogP contribution in [0.5, 0.6) is 0 Å². The molecule has 65 heavy (non-hydrogen) atoms. The van der Waals surface area contributed by atoms with Crippen molar-refractivity contribution < 1.29 is 32.3 Å². The molecule has 6 heterocycles. The molecule has 0 saturated carbocycles. The summed E-state index contributed by atoms with van der Waals surface area (Å²) in [5.41, 5.74) is 5.31. The molecule has 0 unspecified atom stereocenters. The number of hydrogen-bond donors (Lipinski definition) is 3. The van der Waals surface area contributed by atoms with Crippen LogP contribution in [0.2, 0.25) is 0 Å². The lowest BCUT2D eigenvalue weighted by molar-refractivity contribution is -0.137. The highest BCUT2D eigenvalue weighted by Gasteiger charge is 2.40. The van der Waals surface area contributed by atoms with Crippen molar-refractivity contribution in [2.24, 2.45) is 11.8 Å². The van der Waals surface area contributed by atoms with Gasteiger partial charge in [-0.2, -0.15) is 13.2 Å². The van der Waals surface area contributed by atoms with E-state index in [2.05, 4.69) is 44.5 Å². The summed E-state index contributed by atoms with van der Waals surface area (Å²) in [5.74, 6) is 1.30. The molecule has 17 heteroatoms. The number of benzene rings is 3. The van der Waals surface area contributed by atoms with Crippen LogP contribution < -0.4 is 10.2 Å². The van der Waals surface area contributed by atoms with Gasteiger partial charge >= 0.3 is 12.3 Å². The average molecular weight is 909 g/mol. The van der Waals surface area contributed by atoms with E-state index in [4.69, 9.17) is 19.7 Å². The first-order valence-electron chi connectivity index (χ1n) is 22.4. The number of aromatic amines is 2. The van der Waals surface area contributed by atoms with Gasteiger partial charge in [0.25, 0.3) is 0 Å². The summed E-state index contributed by atoms with van der Waals surface area (Å²) in [6, 6.07) is 16.3. The first kappa shape index (κ1) is 44.2. The molecular formula is C48H53F3N9O4S. The lowest BCUT2D eigenvalue weighted by Crippen LogP contribution is -2.51. The minimum atomic E-state index is -4.44. The molecular weight excluding hydrogens is 856 g/mol. The largest absolute Gasteiger partial charge is 0.453 e. The lowest BCUT2D eigenvalue weighted by atomic mass is 10.0. The van der Waals surface area contributed by atoms with E-state index in [9.17, 15) is 27.6 Å². The summed E-state index contributed by atoms with van der Waals surface area (Å²) in [4.78, 5) is 67.1. The number of ether oxygens (including phenoxy) is 1. The summed E-state index contributed by atoms with van der Waals surface area (Å²) in [7, 11) is 1.28. The number of fused-ring (bicyclic) bond motifs is 2. The topological polar surface area (TPSA) is 152 Å². The lowest BCUT2D eigenvalue weighted by Gasteiger charge is -2.31. The van der Waals surface area contributed by atoms with Crippen molar-refractivity contribution in [2.75, 3.05) is 25.1 Å². The zero-order chi connectivity index (χ0) is 45.7. The molecule has 3 N–H and O–H groups in total. The fraction of sp³-hybridized carbons (Fsp3) is 0.438. The Hall–Kier alpha value is -5.97. The Balaban J connectivity index is 1.04. The summed E-state index contributed by atoms with van der Waals surface area (Å²) in [6.07, 6.45) is 3.35. The Kier molecular flexibility index (Phi) is 12.1. The van der Waals surface area contributed by atoms with Gasteiger partial charge in [-0.1, -0.05) is 63.3 Å². The van der Waals surface area contributed by atoms with E-state index in [1.54, 1.807) is 11.3 Å². The SMILES string of the molecule is COC(=O)N[C@H](C(=O)N1CCC[C@H]1c1nc2cc([C@H]3CC[C@H](c4ccc5nc([C@@H]6CCCN6C(=O)[CH]C(C)C)[nH]c5c4)N3c3cnc(-c4ccc(C(F)(F)F)cc4)s3)ccc2[nH]1)C(C)C. The molecule has 341 valence electrons. The predicted octanol–water partition coefficient (Wildman–Crippen LogP) is 10.2. The van der Waals surface area contributed by atoms with Crippen LogP contribution in [0.3, 0.4) is 0 Å². The molecule has 0 bridgehead atoms. The normalized spacial score (nSPS) is 20.8. The first-order chi connectivity index (χ1) is 31.2. The van der Waals surface area contributed by atoms with Gasteiger partial charge in [0.05, 0.1) is 71.5 Å². The maximum Gasteiger partial charge on any atom is 0.416 e. The van der Waals surface area contributed by atoms with E-state index in [1.165, 1.54) is 30.6 Å².